The second-order valence-corrected chi connectivity index (χ2v) is 5.27. The Morgan fingerprint density at radius 2 is 1.95 bits per heavy atom. The topological polar surface area (TPSA) is 37.3 Å². The van der Waals surface area contributed by atoms with Gasteiger partial charge in [0, 0.05) is 10.6 Å². The van der Waals surface area contributed by atoms with E-state index in [1.54, 1.807) is 24.3 Å². The fourth-order valence-electron chi connectivity index (χ4n) is 2.67. The first kappa shape index (κ1) is 12.4. The van der Waals surface area contributed by atoms with Gasteiger partial charge in [-0.3, -0.25) is 4.79 Å². The van der Waals surface area contributed by atoms with Crippen LogP contribution in [0.1, 0.15) is 27.6 Å². The van der Waals surface area contributed by atoms with E-state index in [1.165, 1.54) is 0 Å². The Bertz CT molecular complexity index is 636. The fraction of sp³-hybridized carbons (Fsp3) is 0.188. The number of carbonyl (C=O) groups excluding carboxylic acids is 1. The summed E-state index contributed by atoms with van der Waals surface area (Å²) < 4.78 is 0. The summed E-state index contributed by atoms with van der Waals surface area (Å²) in [7, 11) is 0. The molecule has 0 radical (unpaired) electrons. The van der Waals surface area contributed by atoms with E-state index >= 15 is 0 Å². The van der Waals surface area contributed by atoms with Crippen LogP contribution in [0.4, 0.5) is 0 Å². The SMILES string of the molecule is O=C(c1cccc(Cl)c1)[C@H]1Cc2ccccc2[C@H]1O. The van der Waals surface area contributed by atoms with Crippen LogP contribution in [0.3, 0.4) is 0 Å². The van der Waals surface area contributed by atoms with Gasteiger partial charge in [0.05, 0.1) is 12.0 Å². The molecule has 2 nitrogen and oxygen atoms in total. The molecule has 0 fully saturated rings. The molecule has 0 aromatic heterocycles. The zero-order chi connectivity index (χ0) is 13.4. The highest BCUT2D eigenvalue weighted by molar-refractivity contribution is 6.31. The third-order valence-corrected chi connectivity index (χ3v) is 3.88. The molecule has 2 atom stereocenters. The summed E-state index contributed by atoms with van der Waals surface area (Å²) in [5.41, 5.74) is 2.47. The highest BCUT2D eigenvalue weighted by Crippen LogP contribution is 2.37. The number of hydrogen-bond acceptors (Lipinski definition) is 2. The van der Waals surface area contributed by atoms with Crippen LogP contribution in [0, 0.1) is 5.92 Å². The largest absolute Gasteiger partial charge is 0.388 e. The van der Waals surface area contributed by atoms with Crippen LogP contribution in [0.25, 0.3) is 0 Å². The van der Waals surface area contributed by atoms with Crippen molar-refractivity contribution < 1.29 is 9.90 Å². The minimum Gasteiger partial charge on any atom is -0.388 e. The molecule has 0 saturated carbocycles. The molecule has 2 aromatic rings. The number of hydrogen-bond donors (Lipinski definition) is 1. The summed E-state index contributed by atoms with van der Waals surface area (Å²) in [6.45, 7) is 0. The molecule has 1 aliphatic rings. The van der Waals surface area contributed by atoms with E-state index in [2.05, 4.69) is 0 Å². The second-order valence-electron chi connectivity index (χ2n) is 4.83. The predicted molar refractivity (Wildman–Crippen MR) is 74.4 cm³/mol. The van der Waals surface area contributed by atoms with Crippen molar-refractivity contribution in [1.29, 1.82) is 0 Å². The summed E-state index contributed by atoms with van der Waals surface area (Å²) >= 11 is 5.91. The third-order valence-electron chi connectivity index (χ3n) is 3.64. The number of ketones is 1. The molecular formula is C16H13ClO2. The van der Waals surface area contributed by atoms with Crippen LogP contribution in [0.2, 0.25) is 5.02 Å². The van der Waals surface area contributed by atoms with Gasteiger partial charge in [-0.05, 0) is 29.7 Å². The highest BCUT2D eigenvalue weighted by atomic mass is 35.5. The molecule has 0 aliphatic heterocycles. The minimum absolute atomic E-state index is 0.0498. The van der Waals surface area contributed by atoms with Gasteiger partial charge in [0.2, 0.25) is 0 Å². The molecule has 0 saturated heterocycles. The number of Topliss-reactive ketones (excluding diaryl/α,β-unsaturated/α-hetero) is 1. The summed E-state index contributed by atoms with van der Waals surface area (Å²) in [4.78, 5) is 12.5. The van der Waals surface area contributed by atoms with Crippen LogP contribution < -0.4 is 0 Å². The second kappa shape index (κ2) is 4.80. The summed E-state index contributed by atoms with van der Waals surface area (Å²) in [6, 6.07) is 14.5. The standard InChI is InChI=1S/C16H13ClO2/c17-12-6-3-5-11(8-12)15(18)14-9-10-4-1-2-7-13(10)16(14)19/h1-8,14,16,19H,9H2/t14-,16-/m1/s1. The normalized spacial score (nSPS) is 21.2. The number of carbonyl (C=O) groups is 1. The van der Waals surface area contributed by atoms with Crippen LogP contribution >= 0.6 is 11.6 Å². The number of fused-ring (bicyclic) bond motifs is 1. The Kier molecular flexibility index (Phi) is 3.13. The lowest BCUT2D eigenvalue weighted by atomic mass is 9.93. The van der Waals surface area contributed by atoms with Gasteiger partial charge in [0.1, 0.15) is 0 Å². The monoisotopic (exact) mass is 272 g/mol. The quantitative estimate of drug-likeness (QED) is 0.851. The zero-order valence-corrected chi connectivity index (χ0v) is 11.0. The van der Waals surface area contributed by atoms with Crippen LogP contribution in [0.15, 0.2) is 48.5 Å². The van der Waals surface area contributed by atoms with Crippen molar-refractivity contribution in [2.75, 3.05) is 0 Å². The predicted octanol–water partition coefficient (Wildman–Crippen LogP) is 3.43. The fourth-order valence-corrected chi connectivity index (χ4v) is 2.86. The zero-order valence-electron chi connectivity index (χ0n) is 10.2. The summed E-state index contributed by atoms with van der Waals surface area (Å²) in [5.74, 6) is -0.456. The Labute approximate surface area is 116 Å². The van der Waals surface area contributed by atoms with Gasteiger partial charge in [-0.1, -0.05) is 48.0 Å². The Hall–Kier alpha value is -1.64. The van der Waals surface area contributed by atoms with E-state index in [4.69, 9.17) is 11.6 Å². The maximum absolute atomic E-state index is 12.5. The van der Waals surface area contributed by atoms with Crippen LogP contribution in [0.5, 0.6) is 0 Å². The van der Waals surface area contributed by atoms with Crippen LogP contribution in [-0.2, 0) is 6.42 Å². The molecule has 0 amide bonds. The van der Waals surface area contributed by atoms with Crippen LogP contribution in [-0.4, -0.2) is 10.9 Å². The van der Waals surface area contributed by atoms with E-state index in [0.29, 0.717) is 17.0 Å². The molecule has 96 valence electrons. The molecule has 0 heterocycles. The average Bonchev–Trinajstić information content (AvgIpc) is 2.76. The van der Waals surface area contributed by atoms with Gasteiger partial charge in [-0.25, -0.2) is 0 Å². The van der Waals surface area contributed by atoms with E-state index < -0.39 is 12.0 Å². The van der Waals surface area contributed by atoms with E-state index in [-0.39, 0.29) is 5.78 Å². The number of aliphatic hydroxyl groups excluding tert-OH is 1. The van der Waals surface area contributed by atoms with Crippen molar-refractivity contribution in [3.8, 4) is 0 Å². The minimum atomic E-state index is -0.720. The average molecular weight is 273 g/mol. The maximum atomic E-state index is 12.5. The summed E-state index contributed by atoms with van der Waals surface area (Å²) in [6.07, 6.45) is -0.134. The van der Waals surface area contributed by atoms with E-state index in [0.717, 1.165) is 11.1 Å². The first-order valence-corrected chi connectivity index (χ1v) is 6.60. The van der Waals surface area contributed by atoms with Gasteiger partial charge in [-0.15, -0.1) is 0 Å². The van der Waals surface area contributed by atoms with E-state index in [9.17, 15) is 9.90 Å². The van der Waals surface area contributed by atoms with E-state index in [1.807, 2.05) is 24.3 Å². The smallest absolute Gasteiger partial charge is 0.169 e. The van der Waals surface area contributed by atoms with Crippen molar-refractivity contribution in [3.05, 3.63) is 70.2 Å². The molecule has 2 aromatic carbocycles. The number of rotatable bonds is 2. The molecular weight excluding hydrogens is 260 g/mol. The maximum Gasteiger partial charge on any atom is 0.169 e. The van der Waals surface area contributed by atoms with Gasteiger partial charge < -0.3 is 5.11 Å². The molecule has 1 aliphatic carbocycles. The lowest BCUT2D eigenvalue weighted by Gasteiger charge is -2.14. The molecule has 19 heavy (non-hydrogen) atoms. The Morgan fingerprint density at radius 1 is 1.16 bits per heavy atom. The molecule has 0 bridgehead atoms. The lowest BCUT2D eigenvalue weighted by Crippen LogP contribution is -2.19. The number of halogens is 1. The third kappa shape index (κ3) is 2.18. The van der Waals surface area contributed by atoms with Gasteiger partial charge in [0.15, 0.2) is 5.78 Å². The van der Waals surface area contributed by atoms with Crippen molar-refractivity contribution in [2.24, 2.45) is 5.92 Å². The molecule has 0 unspecified atom stereocenters. The van der Waals surface area contributed by atoms with Gasteiger partial charge >= 0.3 is 0 Å². The molecule has 0 spiro atoms. The van der Waals surface area contributed by atoms with Crippen molar-refractivity contribution in [1.82, 2.24) is 0 Å². The van der Waals surface area contributed by atoms with Gasteiger partial charge in [0.25, 0.3) is 0 Å². The first-order valence-electron chi connectivity index (χ1n) is 6.22. The Balaban J connectivity index is 1.91. The van der Waals surface area contributed by atoms with Crippen molar-refractivity contribution >= 4 is 17.4 Å². The van der Waals surface area contributed by atoms with Crippen molar-refractivity contribution in [2.45, 2.75) is 12.5 Å². The van der Waals surface area contributed by atoms with Gasteiger partial charge in [-0.2, -0.15) is 0 Å². The summed E-state index contributed by atoms with van der Waals surface area (Å²) in [5, 5.41) is 10.8. The lowest BCUT2D eigenvalue weighted by molar-refractivity contribution is 0.0725. The Morgan fingerprint density at radius 3 is 2.68 bits per heavy atom. The molecule has 3 heteroatoms. The molecule has 1 N–H and O–H groups in total. The number of benzene rings is 2. The van der Waals surface area contributed by atoms with Crippen molar-refractivity contribution in [3.63, 3.8) is 0 Å². The highest BCUT2D eigenvalue weighted by Gasteiger charge is 2.36. The first-order chi connectivity index (χ1) is 9.16. The molecule has 3 rings (SSSR count). The number of aliphatic hydroxyl groups is 1.